The van der Waals surface area contributed by atoms with Crippen molar-refractivity contribution in [2.75, 3.05) is 24.5 Å². The zero-order chi connectivity index (χ0) is 12.4. The highest BCUT2D eigenvalue weighted by Gasteiger charge is 2.21. The molecule has 17 heavy (non-hydrogen) atoms. The van der Waals surface area contributed by atoms with E-state index in [1.807, 2.05) is 18.7 Å². The number of nitrogens with zero attached hydrogens (tertiary/aromatic N) is 3. The fraction of sp³-hybridized carbons (Fsp3) is 0.545. The number of carbonyl (C=O) groups excluding carboxylic acids is 1. The van der Waals surface area contributed by atoms with Gasteiger partial charge in [-0.25, -0.2) is 0 Å². The van der Waals surface area contributed by atoms with E-state index in [9.17, 15) is 4.79 Å². The summed E-state index contributed by atoms with van der Waals surface area (Å²) in [6.07, 6.45) is 0. The number of nitrogens with two attached hydrogens (primary N) is 1. The lowest BCUT2D eigenvalue weighted by Crippen LogP contribution is -2.48. The normalized spacial score (nSPS) is 15.9. The van der Waals surface area contributed by atoms with Crippen LogP contribution in [-0.4, -0.2) is 35.7 Å². The minimum atomic E-state index is 0.0132. The van der Waals surface area contributed by atoms with E-state index >= 15 is 0 Å². The van der Waals surface area contributed by atoms with Crippen molar-refractivity contribution in [3.05, 3.63) is 16.8 Å². The summed E-state index contributed by atoms with van der Waals surface area (Å²) < 4.78 is 0. The molecule has 3 N–H and O–H groups in total. The standard InChI is InChI=1S/C11H17N5O/c1-7-8(2)14-15-11(9(7)5-12)16-4-3-13-10(17)6-16/h3-6,12H2,1-2H3,(H,13,17). The van der Waals surface area contributed by atoms with Crippen LogP contribution in [0.2, 0.25) is 0 Å². The molecule has 92 valence electrons. The third-order valence-electron chi connectivity index (χ3n) is 3.10. The molecule has 0 aromatic carbocycles. The molecule has 0 saturated carbocycles. The molecule has 6 heteroatoms. The second kappa shape index (κ2) is 4.67. The summed E-state index contributed by atoms with van der Waals surface area (Å²) in [5.74, 6) is 0.754. The Balaban J connectivity index is 2.37. The van der Waals surface area contributed by atoms with Gasteiger partial charge in [-0.05, 0) is 19.4 Å². The molecule has 1 fully saturated rings. The van der Waals surface area contributed by atoms with Crippen LogP contribution in [-0.2, 0) is 11.3 Å². The number of aromatic nitrogens is 2. The zero-order valence-electron chi connectivity index (χ0n) is 10.2. The highest BCUT2D eigenvalue weighted by atomic mass is 16.2. The Labute approximate surface area is 100 Å². The summed E-state index contributed by atoms with van der Waals surface area (Å²) in [4.78, 5) is 13.3. The fourth-order valence-corrected chi connectivity index (χ4v) is 1.96. The SMILES string of the molecule is Cc1nnc(N2CCNC(=O)C2)c(CN)c1C. The van der Waals surface area contributed by atoms with Gasteiger partial charge in [0.05, 0.1) is 12.2 Å². The first-order valence-corrected chi connectivity index (χ1v) is 5.68. The Hall–Kier alpha value is -1.69. The molecule has 0 spiro atoms. The molecule has 1 saturated heterocycles. The van der Waals surface area contributed by atoms with Crippen molar-refractivity contribution < 1.29 is 4.79 Å². The van der Waals surface area contributed by atoms with Crippen LogP contribution in [0.1, 0.15) is 16.8 Å². The number of piperazine rings is 1. The third-order valence-corrected chi connectivity index (χ3v) is 3.10. The van der Waals surface area contributed by atoms with Crippen LogP contribution < -0.4 is 16.0 Å². The van der Waals surface area contributed by atoms with Gasteiger partial charge >= 0.3 is 0 Å². The van der Waals surface area contributed by atoms with Gasteiger partial charge in [0.2, 0.25) is 5.91 Å². The minimum Gasteiger partial charge on any atom is -0.353 e. The molecule has 0 bridgehead atoms. The maximum Gasteiger partial charge on any atom is 0.239 e. The van der Waals surface area contributed by atoms with E-state index in [4.69, 9.17) is 5.73 Å². The van der Waals surface area contributed by atoms with Gasteiger partial charge in [0.1, 0.15) is 0 Å². The lowest BCUT2D eigenvalue weighted by molar-refractivity contribution is -0.120. The number of amides is 1. The molecular formula is C11H17N5O. The van der Waals surface area contributed by atoms with Crippen LogP contribution in [0, 0.1) is 13.8 Å². The Kier molecular flexibility index (Phi) is 3.23. The van der Waals surface area contributed by atoms with E-state index in [-0.39, 0.29) is 5.91 Å². The first-order valence-electron chi connectivity index (χ1n) is 5.68. The van der Waals surface area contributed by atoms with Crippen molar-refractivity contribution in [3.8, 4) is 0 Å². The van der Waals surface area contributed by atoms with Gasteiger partial charge < -0.3 is 16.0 Å². The maximum absolute atomic E-state index is 11.4. The first-order chi connectivity index (χ1) is 8.13. The van der Waals surface area contributed by atoms with Crippen molar-refractivity contribution in [2.45, 2.75) is 20.4 Å². The summed E-state index contributed by atoms with van der Waals surface area (Å²) in [6.45, 7) is 6.01. The molecule has 0 atom stereocenters. The molecule has 1 aliphatic heterocycles. The Morgan fingerprint density at radius 3 is 2.82 bits per heavy atom. The predicted molar refractivity (Wildman–Crippen MR) is 64.6 cm³/mol. The fourth-order valence-electron chi connectivity index (χ4n) is 1.96. The van der Waals surface area contributed by atoms with Crippen molar-refractivity contribution in [1.29, 1.82) is 0 Å². The maximum atomic E-state index is 11.4. The second-order valence-corrected chi connectivity index (χ2v) is 4.19. The van der Waals surface area contributed by atoms with E-state index < -0.39 is 0 Å². The van der Waals surface area contributed by atoms with Gasteiger partial charge in [-0.15, -0.1) is 5.10 Å². The van der Waals surface area contributed by atoms with E-state index in [2.05, 4.69) is 15.5 Å². The highest BCUT2D eigenvalue weighted by molar-refractivity contribution is 5.82. The second-order valence-electron chi connectivity index (χ2n) is 4.19. The van der Waals surface area contributed by atoms with Crippen LogP contribution in [0.3, 0.4) is 0 Å². The average molecular weight is 235 g/mol. The number of anilines is 1. The van der Waals surface area contributed by atoms with Gasteiger partial charge in [0.25, 0.3) is 0 Å². The smallest absolute Gasteiger partial charge is 0.239 e. The molecule has 1 aliphatic rings. The molecule has 6 nitrogen and oxygen atoms in total. The molecule has 0 aliphatic carbocycles. The van der Waals surface area contributed by atoms with Crippen LogP contribution in [0.15, 0.2) is 0 Å². The third kappa shape index (κ3) is 2.21. The number of aryl methyl sites for hydroxylation is 1. The quantitative estimate of drug-likeness (QED) is 0.721. The minimum absolute atomic E-state index is 0.0132. The van der Waals surface area contributed by atoms with E-state index in [1.165, 1.54) is 0 Å². The summed E-state index contributed by atoms with van der Waals surface area (Å²) >= 11 is 0. The lowest BCUT2D eigenvalue weighted by Gasteiger charge is -2.29. The summed E-state index contributed by atoms with van der Waals surface area (Å²) in [7, 11) is 0. The number of hydrogen-bond donors (Lipinski definition) is 2. The number of rotatable bonds is 2. The number of hydrogen-bond acceptors (Lipinski definition) is 5. The van der Waals surface area contributed by atoms with Crippen LogP contribution >= 0.6 is 0 Å². The van der Waals surface area contributed by atoms with E-state index in [0.29, 0.717) is 19.6 Å². The largest absolute Gasteiger partial charge is 0.353 e. The monoisotopic (exact) mass is 235 g/mol. The molecule has 2 heterocycles. The lowest BCUT2D eigenvalue weighted by atomic mass is 10.1. The van der Waals surface area contributed by atoms with Crippen molar-refractivity contribution in [1.82, 2.24) is 15.5 Å². The van der Waals surface area contributed by atoms with Crippen LogP contribution in [0.4, 0.5) is 5.82 Å². The van der Waals surface area contributed by atoms with E-state index in [1.54, 1.807) is 0 Å². The van der Waals surface area contributed by atoms with Gasteiger partial charge in [0, 0.05) is 25.2 Å². The molecule has 1 amide bonds. The Morgan fingerprint density at radius 1 is 1.41 bits per heavy atom. The van der Waals surface area contributed by atoms with Gasteiger partial charge in [0.15, 0.2) is 5.82 Å². The summed E-state index contributed by atoms with van der Waals surface area (Å²) in [5, 5.41) is 11.1. The van der Waals surface area contributed by atoms with Gasteiger partial charge in [-0.2, -0.15) is 5.10 Å². The average Bonchev–Trinajstić information content (AvgIpc) is 2.32. The predicted octanol–water partition coefficient (Wildman–Crippen LogP) is -0.512. The van der Waals surface area contributed by atoms with Crippen molar-refractivity contribution in [3.63, 3.8) is 0 Å². The topological polar surface area (TPSA) is 84.1 Å². The van der Waals surface area contributed by atoms with Crippen LogP contribution in [0.25, 0.3) is 0 Å². The number of nitrogens with one attached hydrogen (secondary N) is 1. The van der Waals surface area contributed by atoms with Crippen molar-refractivity contribution in [2.24, 2.45) is 5.73 Å². The summed E-state index contributed by atoms with van der Waals surface area (Å²) in [6, 6.07) is 0. The van der Waals surface area contributed by atoms with Gasteiger partial charge in [-0.1, -0.05) is 0 Å². The molecule has 2 rings (SSSR count). The molecular weight excluding hydrogens is 218 g/mol. The number of carbonyl (C=O) groups is 1. The van der Waals surface area contributed by atoms with Gasteiger partial charge in [-0.3, -0.25) is 4.79 Å². The Bertz CT molecular complexity index is 446. The first kappa shape index (κ1) is 11.8. The molecule has 0 unspecified atom stereocenters. The molecule has 0 radical (unpaired) electrons. The molecule has 1 aromatic heterocycles. The molecule has 1 aromatic rings. The zero-order valence-corrected chi connectivity index (χ0v) is 10.2. The van der Waals surface area contributed by atoms with Crippen LogP contribution in [0.5, 0.6) is 0 Å². The summed E-state index contributed by atoms with van der Waals surface area (Å²) in [5.41, 5.74) is 8.69. The Morgan fingerprint density at radius 2 is 2.18 bits per heavy atom. The van der Waals surface area contributed by atoms with Crippen molar-refractivity contribution >= 4 is 11.7 Å². The van der Waals surface area contributed by atoms with E-state index in [0.717, 1.165) is 29.2 Å². The highest BCUT2D eigenvalue weighted by Crippen LogP contribution is 2.21.